The maximum Gasteiger partial charge on any atom is 0.317 e. The highest BCUT2D eigenvalue weighted by molar-refractivity contribution is 5.73. The van der Waals surface area contributed by atoms with Gasteiger partial charge in [0.1, 0.15) is 5.75 Å². The number of hydrogen-bond donors (Lipinski definition) is 2. The Morgan fingerprint density at radius 1 is 1.35 bits per heavy atom. The molecule has 128 valence electrons. The van der Waals surface area contributed by atoms with Crippen LogP contribution in [0.1, 0.15) is 31.2 Å². The van der Waals surface area contributed by atoms with Crippen molar-refractivity contribution >= 4 is 6.03 Å². The predicted octanol–water partition coefficient (Wildman–Crippen LogP) is 2.57. The van der Waals surface area contributed by atoms with Crippen LogP contribution in [0.3, 0.4) is 0 Å². The highest BCUT2D eigenvalue weighted by Crippen LogP contribution is 2.25. The van der Waals surface area contributed by atoms with Crippen molar-refractivity contribution in [3.63, 3.8) is 0 Å². The molecule has 23 heavy (non-hydrogen) atoms. The zero-order chi connectivity index (χ0) is 16.7. The van der Waals surface area contributed by atoms with E-state index >= 15 is 0 Å². The molecule has 1 aromatic carbocycles. The number of carbonyl (C=O) groups is 1. The van der Waals surface area contributed by atoms with E-state index in [0.29, 0.717) is 19.7 Å². The van der Waals surface area contributed by atoms with E-state index in [-0.39, 0.29) is 18.1 Å². The van der Waals surface area contributed by atoms with Gasteiger partial charge in [0.2, 0.25) is 0 Å². The lowest BCUT2D eigenvalue weighted by Crippen LogP contribution is -2.41. The number of rotatable bonds is 7. The highest BCUT2D eigenvalue weighted by Gasteiger charge is 2.27. The molecule has 1 aromatic rings. The summed E-state index contributed by atoms with van der Waals surface area (Å²) in [5.74, 6) is 1.07. The summed E-state index contributed by atoms with van der Waals surface area (Å²) >= 11 is 0. The average molecular weight is 320 g/mol. The van der Waals surface area contributed by atoms with Crippen LogP contribution in [-0.4, -0.2) is 48.9 Å². The molecular weight excluding hydrogens is 292 g/mol. The molecule has 2 N–H and O–H groups in total. The number of hydrogen-bond acceptors (Lipinski definition) is 3. The summed E-state index contributed by atoms with van der Waals surface area (Å²) in [5, 5.41) is 12.7. The van der Waals surface area contributed by atoms with Crippen LogP contribution in [0.4, 0.5) is 4.79 Å². The number of nitrogens with one attached hydrogen (secondary N) is 1. The van der Waals surface area contributed by atoms with E-state index in [9.17, 15) is 9.90 Å². The smallest absolute Gasteiger partial charge is 0.317 e. The van der Waals surface area contributed by atoms with E-state index in [1.54, 1.807) is 11.9 Å². The summed E-state index contributed by atoms with van der Waals surface area (Å²) in [6.07, 6.45) is 3.42. The third-order valence-corrected chi connectivity index (χ3v) is 4.36. The Balaban J connectivity index is 1.58. The van der Waals surface area contributed by atoms with Crippen molar-refractivity contribution in [2.24, 2.45) is 5.92 Å². The standard InChI is InChI=1S/C18H28N2O3/c1-14-7-9-16(10-8-14)23-12-4-11-19-18(22)20(2)13-15-5-3-6-17(15)21/h7-10,15,17,21H,3-6,11-13H2,1-2H3,(H,19,22). The second kappa shape index (κ2) is 8.77. The molecule has 0 spiro atoms. The maximum absolute atomic E-state index is 12.0. The lowest BCUT2D eigenvalue weighted by atomic mass is 10.1. The van der Waals surface area contributed by atoms with Gasteiger partial charge in [-0.15, -0.1) is 0 Å². The average Bonchev–Trinajstić information content (AvgIpc) is 2.93. The van der Waals surface area contributed by atoms with Crippen LogP contribution in [0, 0.1) is 12.8 Å². The summed E-state index contributed by atoms with van der Waals surface area (Å²) in [6.45, 7) is 3.82. The first-order valence-electron chi connectivity index (χ1n) is 8.43. The minimum Gasteiger partial charge on any atom is -0.494 e. The number of amides is 2. The van der Waals surface area contributed by atoms with E-state index in [0.717, 1.165) is 31.4 Å². The molecule has 0 saturated heterocycles. The van der Waals surface area contributed by atoms with E-state index < -0.39 is 0 Å². The van der Waals surface area contributed by atoms with Crippen molar-refractivity contribution in [3.05, 3.63) is 29.8 Å². The first-order chi connectivity index (χ1) is 11.1. The summed E-state index contributed by atoms with van der Waals surface area (Å²) < 4.78 is 5.63. The third-order valence-electron chi connectivity index (χ3n) is 4.36. The Morgan fingerprint density at radius 3 is 2.74 bits per heavy atom. The van der Waals surface area contributed by atoms with Crippen molar-refractivity contribution in [1.29, 1.82) is 0 Å². The fourth-order valence-corrected chi connectivity index (χ4v) is 2.89. The van der Waals surface area contributed by atoms with Crippen LogP contribution in [-0.2, 0) is 0 Å². The zero-order valence-corrected chi connectivity index (χ0v) is 14.1. The Bertz CT molecular complexity index is 490. The SMILES string of the molecule is Cc1ccc(OCCCNC(=O)N(C)CC2CCCC2O)cc1. The number of benzene rings is 1. The zero-order valence-electron chi connectivity index (χ0n) is 14.1. The summed E-state index contributed by atoms with van der Waals surface area (Å²) in [7, 11) is 1.78. The van der Waals surface area contributed by atoms with Gasteiger partial charge in [-0.3, -0.25) is 0 Å². The number of ether oxygens (including phenoxy) is 1. The van der Waals surface area contributed by atoms with Crippen molar-refractivity contribution in [2.75, 3.05) is 26.7 Å². The second-order valence-electron chi connectivity index (χ2n) is 6.39. The van der Waals surface area contributed by atoms with Crippen LogP contribution >= 0.6 is 0 Å². The largest absolute Gasteiger partial charge is 0.494 e. The van der Waals surface area contributed by atoms with E-state index in [1.807, 2.05) is 31.2 Å². The number of aryl methyl sites for hydroxylation is 1. The number of urea groups is 1. The number of carbonyl (C=O) groups excluding carboxylic acids is 1. The Labute approximate surface area is 138 Å². The van der Waals surface area contributed by atoms with Gasteiger partial charge >= 0.3 is 6.03 Å². The topological polar surface area (TPSA) is 61.8 Å². The molecule has 5 nitrogen and oxygen atoms in total. The Morgan fingerprint density at radius 2 is 2.09 bits per heavy atom. The van der Waals surface area contributed by atoms with Gasteiger partial charge in [-0.25, -0.2) is 4.79 Å². The van der Waals surface area contributed by atoms with Gasteiger partial charge in [0, 0.05) is 26.1 Å². The maximum atomic E-state index is 12.0. The molecule has 1 fully saturated rings. The summed E-state index contributed by atoms with van der Waals surface area (Å²) in [5.41, 5.74) is 1.21. The van der Waals surface area contributed by atoms with Gasteiger partial charge in [-0.1, -0.05) is 24.1 Å². The molecule has 0 heterocycles. The van der Waals surface area contributed by atoms with Gasteiger partial charge in [0.25, 0.3) is 0 Å². The van der Waals surface area contributed by atoms with Crippen molar-refractivity contribution < 1.29 is 14.6 Å². The first kappa shape index (κ1) is 17.6. The molecule has 5 heteroatoms. The highest BCUT2D eigenvalue weighted by atomic mass is 16.5. The molecule has 1 aliphatic rings. The lowest BCUT2D eigenvalue weighted by molar-refractivity contribution is 0.114. The first-order valence-corrected chi connectivity index (χ1v) is 8.43. The van der Waals surface area contributed by atoms with Crippen molar-refractivity contribution in [2.45, 2.75) is 38.7 Å². The number of aliphatic hydroxyl groups excluding tert-OH is 1. The molecule has 1 saturated carbocycles. The molecule has 0 aromatic heterocycles. The molecule has 1 aliphatic carbocycles. The van der Waals surface area contributed by atoms with Crippen LogP contribution in [0.5, 0.6) is 5.75 Å². The quantitative estimate of drug-likeness (QED) is 0.759. The Kier molecular flexibility index (Phi) is 6.71. The minimum absolute atomic E-state index is 0.0839. The molecule has 0 bridgehead atoms. The molecule has 2 rings (SSSR count). The van der Waals surface area contributed by atoms with Crippen LogP contribution in [0.2, 0.25) is 0 Å². The summed E-state index contributed by atoms with van der Waals surface area (Å²) in [6, 6.07) is 7.86. The third kappa shape index (κ3) is 5.75. The molecule has 0 aliphatic heterocycles. The minimum atomic E-state index is -0.256. The van der Waals surface area contributed by atoms with Crippen molar-refractivity contribution in [3.8, 4) is 5.75 Å². The van der Waals surface area contributed by atoms with Crippen LogP contribution in [0.25, 0.3) is 0 Å². The lowest BCUT2D eigenvalue weighted by Gasteiger charge is -2.23. The molecule has 2 unspecified atom stereocenters. The molecular formula is C18H28N2O3. The van der Waals surface area contributed by atoms with Gasteiger partial charge in [-0.2, -0.15) is 0 Å². The number of nitrogens with zero attached hydrogens (tertiary/aromatic N) is 1. The van der Waals surface area contributed by atoms with Crippen LogP contribution in [0.15, 0.2) is 24.3 Å². The fourth-order valence-electron chi connectivity index (χ4n) is 2.89. The van der Waals surface area contributed by atoms with E-state index in [2.05, 4.69) is 5.32 Å². The van der Waals surface area contributed by atoms with Crippen LogP contribution < -0.4 is 10.1 Å². The Hall–Kier alpha value is -1.75. The number of aliphatic hydroxyl groups is 1. The van der Waals surface area contributed by atoms with Gasteiger partial charge in [-0.05, 0) is 38.3 Å². The second-order valence-corrected chi connectivity index (χ2v) is 6.39. The van der Waals surface area contributed by atoms with E-state index in [1.165, 1.54) is 5.56 Å². The molecule has 0 radical (unpaired) electrons. The van der Waals surface area contributed by atoms with E-state index in [4.69, 9.17) is 4.74 Å². The van der Waals surface area contributed by atoms with Gasteiger partial charge in [0.05, 0.1) is 12.7 Å². The van der Waals surface area contributed by atoms with Gasteiger partial charge in [0.15, 0.2) is 0 Å². The summed E-state index contributed by atoms with van der Waals surface area (Å²) in [4.78, 5) is 13.7. The molecule has 2 amide bonds. The fraction of sp³-hybridized carbons (Fsp3) is 0.611. The molecule has 2 atom stereocenters. The normalized spacial score (nSPS) is 20.3. The monoisotopic (exact) mass is 320 g/mol. The van der Waals surface area contributed by atoms with Gasteiger partial charge < -0.3 is 20.1 Å². The van der Waals surface area contributed by atoms with Crippen molar-refractivity contribution in [1.82, 2.24) is 10.2 Å². The predicted molar refractivity (Wildman–Crippen MR) is 90.7 cm³/mol.